The van der Waals surface area contributed by atoms with Gasteiger partial charge in [-0.05, 0) is 12.3 Å². The number of rotatable bonds is 4. The molecule has 0 aliphatic heterocycles. The fraction of sp³-hybridized carbons (Fsp3) is 0.700. The first-order valence-corrected chi connectivity index (χ1v) is 6.44. The van der Waals surface area contributed by atoms with Crippen molar-refractivity contribution in [3.63, 3.8) is 0 Å². The standard InChI is InChI=1S/C10H18O5S/c1-8(7-10(2,3)4)9(11)15-5-6-16(12,13)14/h7H,5-6H2,1-4H3,(H,12,13,14)/b8-7-. The second-order valence-electron chi connectivity index (χ2n) is 4.62. The molecule has 0 rings (SSSR count). The van der Waals surface area contributed by atoms with Crippen molar-refractivity contribution in [2.24, 2.45) is 5.41 Å². The number of hydrogen-bond donors (Lipinski definition) is 1. The maximum atomic E-state index is 11.3. The van der Waals surface area contributed by atoms with Crippen molar-refractivity contribution in [2.45, 2.75) is 27.7 Å². The van der Waals surface area contributed by atoms with E-state index in [1.54, 1.807) is 13.0 Å². The first kappa shape index (κ1) is 15.1. The van der Waals surface area contributed by atoms with E-state index < -0.39 is 21.8 Å². The summed E-state index contributed by atoms with van der Waals surface area (Å²) in [5, 5.41) is 0. The Bertz CT molecular complexity index is 373. The fourth-order valence-electron chi connectivity index (χ4n) is 1.06. The van der Waals surface area contributed by atoms with Crippen molar-refractivity contribution in [1.29, 1.82) is 0 Å². The van der Waals surface area contributed by atoms with Crippen LogP contribution < -0.4 is 0 Å². The molecule has 0 spiro atoms. The van der Waals surface area contributed by atoms with E-state index in [4.69, 9.17) is 4.55 Å². The molecule has 0 unspecified atom stereocenters. The Labute approximate surface area is 96.2 Å². The van der Waals surface area contributed by atoms with Crippen LogP contribution in [0.4, 0.5) is 0 Å². The van der Waals surface area contributed by atoms with Gasteiger partial charge in [-0.15, -0.1) is 0 Å². The number of carbonyl (C=O) groups excluding carboxylic acids is 1. The highest BCUT2D eigenvalue weighted by molar-refractivity contribution is 7.85. The number of allylic oxidation sites excluding steroid dienone is 1. The van der Waals surface area contributed by atoms with Gasteiger partial charge in [-0.1, -0.05) is 26.8 Å². The molecule has 0 saturated heterocycles. The minimum absolute atomic E-state index is 0.147. The molecular weight excluding hydrogens is 232 g/mol. The van der Waals surface area contributed by atoms with Gasteiger partial charge >= 0.3 is 5.97 Å². The molecule has 16 heavy (non-hydrogen) atoms. The molecule has 0 bridgehead atoms. The Balaban J connectivity index is 4.24. The SMILES string of the molecule is C/C(=C/C(C)(C)C)C(=O)OCCS(=O)(=O)O. The van der Waals surface area contributed by atoms with Gasteiger partial charge in [0.25, 0.3) is 10.1 Å². The van der Waals surface area contributed by atoms with Crippen LogP contribution in [0.2, 0.25) is 0 Å². The third kappa shape index (κ3) is 8.43. The van der Waals surface area contributed by atoms with Gasteiger partial charge in [0.05, 0.1) is 0 Å². The van der Waals surface area contributed by atoms with Crippen molar-refractivity contribution >= 4 is 16.1 Å². The van der Waals surface area contributed by atoms with E-state index in [0.29, 0.717) is 5.57 Å². The van der Waals surface area contributed by atoms with E-state index in [0.717, 1.165) is 0 Å². The van der Waals surface area contributed by atoms with Crippen LogP contribution in [0.15, 0.2) is 11.6 Å². The largest absolute Gasteiger partial charge is 0.461 e. The number of ether oxygens (including phenoxy) is 1. The monoisotopic (exact) mass is 250 g/mol. The molecule has 0 heterocycles. The number of esters is 1. The second-order valence-corrected chi connectivity index (χ2v) is 6.19. The van der Waals surface area contributed by atoms with Crippen molar-refractivity contribution in [2.75, 3.05) is 12.4 Å². The van der Waals surface area contributed by atoms with Crippen LogP contribution in [0.1, 0.15) is 27.7 Å². The van der Waals surface area contributed by atoms with Crippen LogP contribution in [0.5, 0.6) is 0 Å². The third-order valence-corrected chi connectivity index (χ3v) is 2.23. The second kappa shape index (κ2) is 5.45. The summed E-state index contributed by atoms with van der Waals surface area (Å²) in [5.74, 6) is -1.15. The molecule has 0 atom stereocenters. The summed E-state index contributed by atoms with van der Waals surface area (Å²) in [6.45, 7) is 7.06. The lowest BCUT2D eigenvalue weighted by Crippen LogP contribution is -2.16. The van der Waals surface area contributed by atoms with Crippen molar-refractivity contribution in [1.82, 2.24) is 0 Å². The van der Waals surface area contributed by atoms with Gasteiger partial charge in [0.2, 0.25) is 0 Å². The molecule has 0 radical (unpaired) electrons. The molecule has 0 aliphatic carbocycles. The normalized spacial score (nSPS) is 13.7. The molecule has 0 saturated carbocycles. The first-order chi connectivity index (χ1) is 7.01. The van der Waals surface area contributed by atoms with Gasteiger partial charge in [-0.25, -0.2) is 4.79 Å². The first-order valence-electron chi connectivity index (χ1n) is 4.83. The summed E-state index contributed by atoms with van der Waals surface area (Å²) in [5.41, 5.74) is 0.273. The van der Waals surface area contributed by atoms with Gasteiger partial charge in [-0.2, -0.15) is 8.42 Å². The van der Waals surface area contributed by atoms with Crippen LogP contribution in [0.25, 0.3) is 0 Å². The Morgan fingerprint density at radius 3 is 2.25 bits per heavy atom. The Morgan fingerprint density at radius 2 is 1.88 bits per heavy atom. The highest BCUT2D eigenvalue weighted by Gasteiger charge is 2.13. The van der Waals surface area contributed by atoms with Gasteiger partial charge < -0.3 is 4.74 Å². The van der Waals surface area contributed by atoms with Crippen molar-refractivity contribution < 1.29 is 22.5 Å². The molecule has 0 aromatic rings. The van der Waals surface area contributed by atoms with Crippen molar-refractivity contribution in [3.8, 4) is 0 Å². The molecule has 1 N–H and O–H groups in total. The molecule has 94 valence electrons. The molecule has 0 aliphatic rings. The van der Waals surface area contributed by atoms with Gasteiger partial charge in [0.15, 0.2) is 0 Å². The van der Waals surface area contributed by atoms with Crippen LogP contribution in [-0.4, -0.2) is 31.3 Å². The van der Waals surface area contributed by atoms with E-state index in [1.807, 2.05) is 20.8 Å². The molecule has 6 heteroatoms. The van der Waals surface area contributed by atoms with Crippen LogP contribution in [-0.2, 0) is 19.6 Å². The van der Waals surface area contributed by atoms with E-state index in [1.165, 1.54) is 0 Å². The quantitative estimate of drug-likeness (QED) is 0.463. The van der Waals surface area contributed by atoms with Gasteiger partial charge in [0, 0.05) is 5.57 Å². The topological polar surface area (TPSA) is 80.7 Å². The molecular formula is C10H18O5S. The lowest BCUT2D eigenvalue weighted by molar-refractivity contribution is -0.138. The average molecular weight is 250 g/mol. The highest BCUT2D eigenvalue weighted by Crippen LogP contribution is 2.17. The zero-order valence-electron chi connectivity index (χ0n) is 9.98. The van der Waals surface area contributed by atoms with Crippen LogP contribution >= 0.6 is 0 Å². The summed E-state index contributed by atoms with van der Waals surface area (Å²) in [4.78, 5) is 11.3. The van der Waals surface area contributed by atoms with E-state index in [9.17, 15) is 13.2 Å². The molecule has 0 aromatic carbocycles. The Hall–Kier alpha value is -0.880. The van der Waals surface area contributed by atoms with Gasteiger partial charge in [-0.3, -0.25) is 4.55 Å². The molecule has 0 amide bonds. The number of carbonyl (C=O) groups is 1. The van der Waals surface area contributed by atoms with Crippen LogP contribution in [0.3, 0.4) is 0 Å². The smallest absolute Gasteiger partial charge is 0.333 e. The molecule has 0 aromatic heterocycles. The van der Waals surface area contributed by atoms with Crippen molar-refractivity contribution in [3.05, 3.63) is 11.6 Å². The molecule has 0 fully saturated rings. The third-order valence-electron chi connectivity index (χ3n) is 1.55. The maximum absolute atomic E-state index is 11.3. The van der Waals surface area contributed by atoms with E-state index >= 15 is 0 Å². The predicted octanol–water partition coefficient (Wildman–Crippen LogP) is 1.41. The van der Waals surface area contributed by atoms with Gasteiger partial charge in [0.1, 0.15) is 12.4 Å². The zero-order valence-corrected chi connectivity index (χ0v) is 10.8. The number of hydrogen-bond acceptors (Lipinski definition) is 4. The Kier molecular flexibility index (Phi) is 5.15. The zero-order chi connectivity index (χ0) is 13.0. The predicted molar refractivity (Wildman–Crippen MR) is 60.6 cm³/mol. The summed E-state index contributed by atoms with van der Waals surface area (Å²) in [6, 6.07) is 0. The summed E-state index contributed by atoms with van der Waals surface area (Å²) in [7, 11) is -4.08. The Morgan fingerprint density at radius 1 is 1.38 bits per heavy atom. The van der Waals surface area contributed by atoms with E-state index in [2.05, 4.69) is 4.74 Å². The minimum Gasteiger partial charge on any atom is -0.461 e. The summed E-state index contributed by atoms with van der Waals surface area (Å²) >= 11 is 0. The lowest BCUT2D eigenvalue weighted by Gasteiger charge is -2.13. The maximum Gasteiger partial charge on any atom is 0.333 e. The fourth-order valence-corrected chi connectivity index (χ4v) is 1.36. The average Bonchev–Trinajstić information content (AvgIpc) is 1.98. The minimum atomic E-state index is -4.08. The molecule has 5 nitrogen and oxygen atoms in total. The highest BCUT2D eigenvalue weighted by atomic mass is 32.2. The summed E-state index contributed by atoms with van der Waals surface area (Å²) < 4.78 is 33.8. The van der Waals surface area contributed by atoms with E-state index in [-0.39, 0.29) is 12.0 Å². The van der Waals surface area contributed by atoms with Crippen LogP contribution in [0, 0.1) is 5.41 Å². The lowest BCUT2D eigenvalue weighted by atomic mass is 9.94. The summed E-state index contributed by atoms with van der Waals surface area (Å²) in [6.07, 6.45) is 1.74.